The zero-order valence-electron chi connectivity index (χ0n) is 18.7. The molecule has 0 bridgehead atoms. The van der Waals surface area contributed by atoms with Crippen molar-refractivity contribution in [2.45, 2.75) is 25.1 Å². The number of halogens is 3. The zero-order valence-corrected chi connectivity index (χ0v) is 18.7. The number of imidazole rings is 1. The molecule has 1 atom stereocenters. The molecule has 5 rings (SSSR count). The lowest BCUT2D eigenvalue weighted by Crippen LogP contribution is -2.39. The van der Waals surface area contributed by atoms with E-state index in [4.69, 9.17) is 24.4 Å². The number of ether oxygens (including phenoxy) is 2. The highest BCUT2D eigenvalue weighted by atomic mass is 19.4. The number of hydrogen-bond acceptors (Lipinski definition) is 5. The Morgan fingerprint density at radius 2 is 1.97 bits per heavy atom. The molecule has 3 aromatic rings. The normalized spacial score (nSPS) is 18.9. The van der Waals surface area contributed by atoms with Gasteiger partial charge in [-0.1, -0.05) is 18.2 Å². The van der Waals surface area contributed by atoms with E-state index in [1.807, 2.05) is 18.5 Å². The molecule has 0 amide bonds. The van der Waals surface area contributed by atoms with Gasteiger partial charge in [-0.15, -0.1) is 0 Å². The van der Waals surface area contributed by atoms with Gasteiger partial charge in [-0.25, -0.2) is 9.78 Å². The predicted octanol–water partition coefficient (Wildman–Crippen LogP) is 4.43. The van der Waals surface area contributed by atoms with Crippen LogP contribution in [0.25, 0.3) is 16.8 Å². The van der Waals surface area contributed by atoms with Gasteiger partial charge in [0.05, 0.1) is 30.6 Å². The molecule has 2 aromatic heterocycles. The summed E-state index contributed by atoms with van der Waals surface area (Å²) in [5, 5.41) is 7.12. The Balaban J connectivity index is 0.000000344. The smallest absolute Gasteiger partial charge is 0.490 e. The molecule has 1 aliphatic carbocycles. The lowest BCUT2D eigenvalue weighted by Gasteiger charge is -2.32. The molecule has 1 aromatic carbocycles. The van der Waals surface area contributed by atoms with Crippen LogP contribution < -0.4 is 4.74 Å². The van der Waals surface area contributed by atoms with Crippen molar-refractivity contribution in [2.75, 3.05) is 33.4 Å². The number of fused-ring (bicyclic) bond motifs is 1. The van der Waals surface area contributed by atoms with Crippen LogP contribution in [0, 0.1) is 5.92 Å². The average Bonchev–Trinajstić information content (AvgIpc) is 3.53. The third-order valence-electron chi connectivity index (χ3n) is 5.88. The highest BCUT2D eigenvalue weighted by Gasteiger charge is 2.38. The van der Waals surface area contributed by atoms with Crippen LogP contribution in [0.2, 0.25) is 0 Å². The third-order valence-corrected chi connectivity index (χ3v) is 5.88. The molecule has 1 unspecified atom stereocenters. The summed E-state index contributed by atoms with van der Waals surface area (Å²) < 4.78 is 45.4. The van der Waals surface area contributed by atoms with Crippen LogP contribution in [0.4, 0.5) is 13.2 Å². The van der Waals surface area contributed by atoms with Crippen molar-refractivity contribution in [3.63, 3.8) is 0 Å². The maximum atomic E-state index is 10.6. The number of nitrogens with zero attached hydrogens (tertiary/aromatic N) is 3. The Bertz CT molecular complexity index is 1140. The van der Waals surface area contributed by atoms with Crippen LogP contribution in [0.3, 0.4) is 0 Å². The van der Waals surface area contributed by atoms with Gasteiger partial charge in [0, 0.05) is 25.2 Å². The van der Waals surface area contributed by atoms with E-state index in [1.54, 1.807) is 7.11 Å². The molecule has 0 radical (unpaired) electrons. The van der Waals surface area contributed by atoms with Gasteiger partial charge >= 0.3 is 12.1 Å². The summed E-state index contributed by atoms with van der Waals surface area (Å²) in [4.78, 5) is 16.2. The van der Waals surface area contributed by atoms with E-state index in [0.29, 0.717) is 0 Å². The topological polar surface area (TPSA) is 76.3 Å². The standard InChI is InChI=1S/C22H25N3O2.C2HF3O2/c1-26-18-5-2-4-17(12-18)19-6-3-7-20-22(23-15-25(19)20)21-14-24(10-11-27-21)13-16-8-9-16;3-2(4,5)1(6)7/h2-7,12,15-16,21H,8-11,13-14H2,1H3;(H,6,7). The number of aliphatic carboxylic acids is 1. The van der Waals surface area contributed by atoms with Crippen LogP contribution in [0.1, 0.15) is 24.6 Å². The van der Waals surface area contributed by atoms with Gasteiger partial charge in [0.2, 0.25) is 0 Å². The first-order valence-corrected chi connectivity index (χ1v) is 11.0. The Morgan fingerprint density at radius 3 is 2.65 bits per heavy atom. The first kappa shape index (κ1) is 24.0. The minimum absolute atomic E-state index is 0.0445. The molecule has 1 N–H and O–H groups in total. The molecular weight excluding hydrogens is 451 g/mol. The molecule has 2 fully saturated rings. The summed E-state index contributed by atoms with van der Waals surface area (Å²) >= 11 is 0. The highest BCUT2D eigenvalue weighted by molar-refractivity contribution is 5.73. The van der Waals surface area contributed by atoms with E-state index in [0.717, 1.165) is 53.8 Å². The van der Waals surface area contributed by atoms with E-state index in [-0.39, 0.29) is 6.10 Å². The Labute approximate surface area is 194 Å². The molecule has 10 heteroatoms. The monoisotopic (exact) mass is 477 g/mol. The van der Waals surface area contributed by atoms with Gasteiger partial charge in [0.25, 0.3) is 0 Å². The number of carboxylic acids is 1. The van der Waals surface area contributed by atoms with Crippen molar-refractivity contribution in [3.8, 4) is 17.0 Å². The number of hydrogen-bond donors (Lipinski definition) is 1. The summed E-state index contributed by atoms with van der Waals surface area (Å²) in [5.74, 6) is -0.995. The number of rotatable bonds is 5. The number of carboxylic acid groups (broad SMARTS) is 1. The first-order chi connectivity index (χ1) is 16.3. The van der Waals surface area contributed by atoms with Crippen LogP contribution in [-0.2, 0) is 9.53 Å². The van der Waals surface area contributed by atoms with Gasteiger partial charge < -0.3 is 14.6 Å². The number of methoxy groups -OCH3 is 1. The second-order valence-corrected chi connectivity index (χ2v) is 8.39. The minimum atomic E-state index is -5.08. The molecule has 2 aliphatic rings. The molecule has 1 saturated heterocycles. The Hall–Kier alpha value is -3.11. The lowest BCUT2D eigenvalue weighted by atomic mass is 10.1. The van der Waals surface area contributed by atoms with E-state index >= 15 is 0 Å². The minimum Gasteiger partial charge on any atom is -0.497 e. The third kappa shape index (κ3) is 5.68. The molecule has 182 valence electrons. The number of benzene rings is 1. The van der Waals surface area contributed by atoms with Gasteiger partial charge in [-0.05, 0) is 43.0 Å². The fourth-order valence-corrected chi connectivity index (χ4v) is 4.01. The molecular formula is C24H26F3N3O4. The number of carbonyl (C=O) groups is 1. The van der Waals surface area contributed by atoms with Crippen molar-refractivity contribution in [2.24, 2.45) is 5.92 Å². The zero-order chi connectivity index (χ0) is 24.3. The highest BCUT2D eigenvalue weighted by Crippen LogP contribution is 2.33. The van der Waals surface area contributed by atoms with Crippen molar-refractivity contribution in [3.05, 3.63) is 54.5 Å². The fraction of sp³-hybridized carbons (Fsp3) is 0.417. The number of morpholine rings is 1. The maximum Gasteiger partial charge on any atom is 0.490 e. The van der Waals surface area contributed by atoms with Crippen molar-refractivity contribution < 1.29 is 32.5 Å². The largest absolute Gasteiger partial charge is 0.497 e. The van der Waals surface area contributed by atoms with Crippen LogP contribution in [-0.4, -0.2) is 64.9 Å². The van der Waals surface area contributed by atoms with Gasteiger partial charge in [0.15, 0.2) is 0 Å². The van der Waals surface area contributed by atoms with E-state index in [2.05, 4.69) is 39.6 Å². The van der Waals surface area contributed by atoms with Crippen molar-refractivity contribution in [1.82, 2.24) is 14.3 Å². The molecule has 1 aliphatic heterocycles. The molecule has 3 heterocycles. The lowest BCUT2D eigenvalue weighted by molar-refractivity contribution is -0.192. The number of pyridine rings is 1. The fourth-order valence-electron chi connectivity index (χ4n) is 4.01. The molecule has 0 spiro atoms. The van der Waals surface area contributed by atoms with Gasteiger partial charge in [-0.2, -0.15) is 13.2 Å². The summed E-state index contributed by atoms with van der Waals surface area (Å²) in [6.07, 6.45) is -0.343. The van der Waals surface area contributed by atoms with E-state index in [1.165, 1.54) is 19.4 Å². The first-order valence-electron chi connectivity index (χ1n) is 11.0. The van der Waals surface area contributed by atoms with Crippen LogP contribution in [0.15, 0.2) is 48.8 Å². The number of aromatic nitrogens is 2. The molecule has 34 heavy (non-hydrogen) atoms. The average molecular weight is 477 g/mol. The van der Waals surface area contributed by atoms with Crippen molar-refractivity contribution in [1.29, 1.82) is 0 Å². The Kier molecular flexibility index (Phi) is 7.08. The Morgan fingerprint density at radius 1 is 1.24 bits per heavy atom. The predicted molar refractivity (Wildman–Crippen MR) is 119 cm³/mol. The van der Waals surface area contributed by atoms with Crippen LogP contribution in [0.5, 0.6) is 5.75 Å². The van der Waals surface area contributed by atoms with Crippen LogP contribution >= 0.6 is 0 Å². The number of alkyl halides is 3. The molecule has 1 saturated carbocycles. The molecule has 7 nitrogen and oxygen atoms in total. The van der Waals surface area contributed by atoms with E-state index in [9.17, 15) is 13.2 Å². The second-order valence-electron chi connectivity index (χ2n) is 8.39. The summed E-state index contributed by atoms with van der Waals surface area (Å²) in [6, 6.07) is 14.5. The van der Waals surface area contributed by atoms with Gasteiger partial charge in [-0.3, -0.25) is 9.30 Å². The summed E-state index contributed by atoms with van der Waals surface area (Å²) in [7, 11) is 1.70. The van der Waals surface area contributed by atoms with E-state index < -0.39 is 12.1 Å². The second kappa shape index (κ2) is 10.0. The summed E-state index contributed by atoms with van der Waals surface area (Å²) in [6.45, 7) is 3.97. The maximum absolute atomic E-state index is 10.6. The quantitative estimate of drug-likeness (QED) is 0.586. The summed E-state index contributed by atoms with van der Waals surface area (Å²) in [5.41, 5.74) is 4.38. The van der Waals surface area contributed by atoms with Crippen molar-refractivity contribution >= 4 is 11.5 Å². The van der Waals surface area contributed by atoms with Gasteiger partial charge in [0.1, 0.15) is 18.2 Å². The SMILES string of the molecule is COc1cccc(-c2cccc3c(C4CN(CC5CC5)CCO4)ncn23)c1.O=C(O)C(F)(F)F.